The van der Waals surface area contributed by atoms with E-state index in [0.717, 1.165) is 11.5 Å². The molecule has 0 aromatic carbocycles. The molecule has 1 aliphatic rings. The molecule has 7 nitrogen and oxygen atoms in total. The zero-order valence-corrected chi connectivity index (χ0v) is 14.6. The Morgan fingerprint density at radius 2 is 2.17 bits per heavy atom. The summed E-state index contributed by atoms with van der Waals surface area (Å²) >= 11 is 0. The second-order valence-electron chi connectivity index (χ2n) is 6.00. The van der Waals surface area contributed by atoms with Crippen molar-refractivity contribution in [2.75, 3.05) is 28.8 Å². The molecule has 0 aliphatic carbocycles. The predicted octanol–water partition coefficient (Wildman–Crippen LogP) is 1.42. The van der Waals surface area contributed by atoms with Gasteiger partial charge >= 0.3 is 0 Å². The van der Waals surface area contributed by atoms with Gasteiger partial charge in [-0.05, 0) is 25.5 Å². The molecule has 1 N–H and O–H groups in total. The summed E-state index contributed by atoms with van der Waals surface area (Å²) in [5.74, 6) is 2.51. The maximum atomic E-state index is 11.7. The molecule has 2 aromatic rings. The highest BCUT2D eigenvalue weighted by atomic mass is 32.2. The molecular weight excluding hydrogens is 326 g/mol. The highest BCUT2D eigenvalue weighted by molar-refractivity contribution is 7.91. The lowest BCUT2D eigenvalue weighted by Crippen LogP contribution is -2.33. The Bertz CT molecular complexity index is 810. The van der Waals surface area contributed by atoms with Crippen LogP contribution >= 0.6 is 0 Å². The number of sulfone groups is 1. The molecular formula is C16H21N5O2S. The highest BCUT2D eigenvalue weighted by Crippen LogP contribution is 2.23. The molecule has 0 saturated carbocycles. The molecule has 0 radical (unpaired) electrons. The molecule has 1 fully saturated rings. The van der Waals surface area contributed by atoms with Gasteiger partial charge in [0.1, 0.15) is 17.5 Å². The van der Waals surface area contributed by atoms with E-state index >= 15 is 0 Å². The second-order valence-corrected chi connectivity index (χ2v) is 8.23. The van der Waals surface area contributed by atoms with Gasteiger partial charge in [-0.15, -0.1) is 0 Å². The van der Waals surface area contributed by atoms with Gasteiger partial charge in [0, 0.05) is 25.4 Å². The van der Waals surface area contributed by atoms with E-state index in [0.29, 0.717) is 24.6 Å². The number of hydrogen-bond donors (Lipinski definition) is 1. The van der Waals surface area contributed by atoms with Gasteiger partial charge in [-0.3, -0.25) is 4.98 Å². The standard InChI is InChI=1S/C16H21N5O2S/c1-12-19-15(18-10-13-5-3-4-7-17-13)9-16(20-12)21(2)14-6-8-24(22,23)11-14/h3-5,7,9,14H,6,8,10-11H2,1-2H3,(H,18,19,20). The summed E-state index contributed by atoms with van der Waals surface area (Å²) < 4.78 is 23.4. The number of nitrogens with zero attached hydrogens (tertiary/aromatic N) is 4. The van der Waals surface area contributed by atoms with Crippen LogP contribution in [0.25, 0.3) is 0 Å². The van der Waals surface area contributed by atoms with Crippen LogP contribution in [0.1, 0.15) is 17.9 Å². The molecule has 1 aliphatic heterocycles. The average molecular weight is 347 g/mol. The number of anilines is 2. The van der Waals surface area contributed by atoms with Crippen molar-refractivity contribution in [1.82, 2.24) is 15.0 Å². The Balaban J connectivity index is 1.74. The first-order chi connectivity index (χ1) is 11.4. The van der Waals surface area contributed by atoms with Crippen LogP contribution in [-0.4, -0.2) is 48.0 Å². The largest absolute Gasteiger partial charge is 0.364 e. The SMILES string of the molecule is Cc1nc(NCc2ccccn2)cc(N(C)C2CCS(=O)(=O)C2)n1. The Kier molecular flexibility index (Phi) is 4.66. The third kappa shape index (κ3) is 4.00. The first kappa shape index (κ1) is 16.6. The summed E-state index contributed by atoms with van der Waals surface area (Å²) in [6.07, 6.45) is 2.39. The third-order valence-corrected chi connectivity index (χ3v) is 5.87. The van der Waals surface area contributed by atoms with Gasteiger partial charge in [-0.2, -0.15) is 0 Å². The average Bonchev–Trinajstić information content (AvgIpc) is 2.93. The van der Waals surface area contributed by atoms with Crippen LogP contribution in [0.2, 0.25) is 0 Å². The van der Waals surface area contributed by atoms with Crippen LogP contribution in [-0.2, 0) is 16.4 Å². The quantitative estimate of drug-likeness (QED) is 0.875. The van der Waals surface area contributed by atoms with Gasteiger partial charge in [-0.25, -0.2) is 18.4 Å². The third-order valence-electron chi connectivity index (χ3n) is 4.12. The zero-order valence-electron chi connectivity index (χ0n) is 13.8. The van der Waals surface area contributed by atoms with Crippen molar-refractivity contribution < 1.29 is 8.42 Å². The summed E-state index contributed by atoms with van der Waals surface area (Å²) in [5.41, 5.74) is 0.922. The lowest BCUT2D eigenvalue weighted by atomic mass is 10.2. The number of aryl methyl sites for hydroxylation is 1. The van der Waals surface area contributed by atoms with E-state index in [4.69, 9.17) is 0 Å². The molecule has 2 aromatic heterocycles. The predicted molar refractivity (Wildman–Crippen MR) is 93.8 cm³/mol. The van der Waals surface area contributed by atoms with E-state index in [9.17, 15) is 8.42 Å². The van der Waals surface area contributed by atoms with E-state index in [2.05, 4.69) is 20.3 Å². The minimum Gasteiger partial charge on any atom is -0.364 e. The normalized spacial score (nSPS) is 19.2. The molecule has 0 spiro atoms. The number of hydrogen-bond acceptors (Lipinski definition) is 7. The van der Waals surface area contributed by atoms with E-state index in [-0.39, 0.29) is 17.5 Å². The van der Waals surface area contributed by atoms with Gasteiger partial charge in [0.15, 0.2) is 9.84 Å². The van der Waals surface area contributed by atoms with Crippen molar-refractivity contribution in [1.29, 1.82) is 0 Å². The fourth-order valence-corrected chi connectivity index (χ4v) is 4.55. The maximum absolute atomic E-state index is 11.7. The smallest absolute Gasteiger partial charge is 0.152 e. The van der Waals surface area contributed by atoms with Crippen molar-refractivity contribution in [3.63, 3.8) is 0 Å². The van der Waals surface area contributed by atoms with E-state index in [1.807, 2.05) is 43.1 Å². The number of nitrogens with one attached hydrogen (secondary N) is 1. The lowest BCUT2D eigenvalue weighted by Gasteiger charge is -2.25. The minimum absolute atomic E-state index is 0.0343. The van der Waals surface area contributed by atoms with Gasteiger partial charge < -0.3 is 10.2 Å². The van der Waals surface area contributed by atoms with E-state index in [1.165, 1.54) is 0 Å². The van der Waals surface area contributed by atoms with Gasteiger partial charge in [-0.1, -0.05) is 6.07 Å². The Morgan fingerprint density at radius 3 is 2.83 bits per heavy atom. The van der Waals surface area contributed by atoms with Gasteiger partial charge in [0.2, 0.25) is 0 Å². The first-order valence-electron chi connectivity index (χ1n) is 7.86. The van der Waals surface area contributed by atoms with Crippen molar-refractivity contribution in [3.05, 3.63) is 42.0 Å². The monoisotopic (exact) mass is 347 g/mol. The molecule has 8 heteroatoms. The first-order valence-corrected chi connectivity index (χ1v) is 9.68. The maximum Gasteiger partial charge on any atom is 0.152 e. The summed E-state index contributed by atoms with van der Waals surface area (Å²) in [6, 6.07) is 7.57. The number of rotatable bonds is 5. The molecule has 1 unspecified atom stereocenters. The molecule has 3 rings (SSSR count). The Hall–Kier alpha value is -2.22. The highest BCUT2D eigenvalue weighted by Gasteiger charge is 2.31. The van der Waals surface area contributed by atoms with Crippen molar-refractivity contribution in [2.24, 2.45) is 0 Å². The fourth-order valence-electron chi connectivity index (χ4n) is 2.77. The topological polar surface area (TPSA) is 88.1 Å². The second kappa shape index (κ2) is 6.72. The summed E-state index contributed by atoms with van der Waals surface area (Å²) in [4.78, 5) is 15.0. The summed E-state index contributed by atoms with van der Waals surface area (Å²) in [5, 5.41) is 3.25. The van der Waals surface area contributed by atoms with Crippen molar-refractivity contribution in [2.45, 2.75) is 25.9 Å². The van der Waals surface area contributed by atoms with Crippen LogP contribution in [0.5, 0.6) is 0 Å². The fraction of sp³-hybridized carbons (Fsp3) is 0.438. The molecule has 0 bridgehead atoms. The number of aromatic nitrogens is 3. The molecule has 128 valence electrons. The van der Waals surface area contributed by atoms with Crippen LogP contribution in [0.3, 0.4) is 0 Å². The van der Waals surface area contributed by atoms with Gasteiger partial charge in [0.25, 0.3) is 0 Å². The minimum atomic E-state index is -2.92. The molecule has 3 heterocycles. The van der Waals surface area contributed by atoms with Crippen molar-refractivity contribution in [3.8, 4) is 0 Å². The Morgan fingerprint density at radius 1 is 1.33 bits per heavy atom. The molecule has 1 atom stereocenters. The van der Waals surface area contributed by atoms with Gasteiger partial charge in [0.05, 0.1) is 23.7 Å². The Labute approximate surface area is 142 Å². The van der Waals surface area contributed by atoms with Crippen LogP contribution in [0.4, 0.5) is 11.6 Å². The van der Waals surface area contributed by atoms with E-state index < -0.39 is 9.84 Å². The van der Waals surface area contributed by atoms with Crippen molar-refractivity contribution >= 4 is 21.5 Å². The molecule has 24 heavy (non-hydrogen) atoms. The zero-order chi connectivity index (χ0) is 17.2. The summed E-state index contributed by atoms with van der Waals surface area (Å²) in [7, 11) is -1.04. The van der Waals surface area contributed by atoms with Crippen LogP contribution in [0.15, 0.2) is 30.5 Å². The summed E-state index contributed by atoms with van der Waals surface area (Å²) in [6.45, 7) is 2.40. The molecule has 1 saturated heterocycles. The van der Waals surface area contributed by atoms with Crippen LogP contribution < -0.4 is 10.2 Å². The van der Waals surface area contributed by atoms with Crippen LogP contribution in [0, 0.1) is 6.92 Å². The molecule has 0 amide bonds. The number of pyridine rings is 1. The lowest BCUT2D eigenvalue weighted by molar-refractivity contribution is 0.600. The van der Waals surface area contributed by atoms with E-state index in [1.54, 1.807) is 6.20 Å².